The third kappa shape index (κ3) is 4.90. The maximum Gasteiger partial charge on any atom is 0.573 e. The van der Waals surface area contributed by atoms with Crippen molar-refractivity contribution in [2.45, 2.75) is 13.0 Å². The van der Waals surface area contributed by atoms with Crippen LogP contribution in [0.2, 0.25) is 0 Å². The van der Waals surface area contributed by atoms with Gasteiger partial charge >= 0.3 is 13.0 Å². The van der Waals surface area contributed by atoms with Crippen molar-refractivity contribution >= 4 is 17.4 Å². The maximum absolute atomic E-state index is 12.1. The number of ether oxygens (including phenoxy) is 2. The van der Waals surface area contributed by atoms with Crippen LogP contribution in [0, 0.1) is 0 Å². The molecule has 0 radical (unpaired) electrons. The molecule has 1 aromatic carbocycles. The number of rotatable bonds is 5. The van der Waals surface area contributed by atoms with Crippen molar-refractivity contribution in [3.05, 3.63) is 23.8 Å². The van der Waals surface area contributed by atoms with E-state index in [1.807, 2.05) is 0 Å². The fourth-order valence-corrected chi connectivity index (χ4v) is 1.33. The molecule has 0 aliphatic carbocycles. The molecule has 0 fully saturated rings. The second-order valence-electron chi connectivity index (χ2n) is 3.14. The molecule has 1 rings (SSSR count). The van der Waals surface area contributed by atoms with Crippen LogP contribution in [0.3, 0.4) is 0 Å². The van der Waals surface area contributed by atoms with Crippen LogP contribution in [0.1, 0.15) is 10.4 Å². The Morgan fingerprint density at radius 3 is 2.42 bits per heavy atom. The average molecular weight is 305 g/mol. The summed E-state index contributed by atoms with van der Waals surface area (Å²) in [5.41, 5.74) is -0.592. The van der Waals surface area contributed by atoms with Gasteiger partial charge in [-0.25, -0.2) is 0 Å². The summed E-state index contributed by atoms with van der Waals surface area (Å²) in [5.74, 6) is -2.86. The zero-order valence-electron chi connectivity index (χ0n) is 9.01. The van der Waals surface area contributed by atoms with Crippen LogP contribution in [-0.4, -0.2) is 24.6 Å². The predicted octanol–water partition coefficient (Wildman–Crippen LogP) is 3.61. The van der Waals surface area contributed by atoms with Crippen molar-refractivity contribution in [3.63, 3.8) is 0 Å². The second kappa shape index (κ2) is 6.05. The largest absolute Gasteiger partial charge is 0.573 e. The summed E-state index contributed by atoms with van der Waals surface area (Å²) >= 11 is 5.21. The van der Waals surface area contributed by atoms with Gasteiger partial charge in [0.05, 0.1) is 11.4 Å². The van der Waals surface area contributed by atoms with Crippen LogP contribution in [0.25, 0.3) is 0 Å². The summed E-state index contributed by atoms with van der Waals surface area (Å²) < 4.78 is 67.7. The molecule has 0 N–H and O–H groups in total. The molecule has 0 aliphatic heterocycles. The Balaban J connectivity index is 3.13. The highest BCUT2D eigenvalue weighted by molar-refractivity contribution is 6.30. The van der Waals surface area contributed by atoms with Gasteiger partial charge in [0.1, 0.15) is 11.5 Å². The van der Waals surface area contributed by atoms with Crippen LogP contribution in [0.5, 0.6) is 11.5 Å². The molecular weight excluding hydrogens is 299 g/mol. The van der Waals surface area contributed by atoms with Crippen molar-refractivity contribution in [3.8, 4) is 11.5 Å². The molecule has 106 valence electrons. The number of Topliss-reactive ketones (excluding diaryl/α,β-unsaturated/α-hetero) is 1. The van der Waals surface area contributed by atoms with Crippen molar-refractivity contribution in [2.75, 3.05) is 5.88 Å². The van der Waals surface area contributed by atoms with E-state index in [1.165, 1.54) is 0 Å². The lowest BCUT2D eigenvalue weighted by Crippen LogP contribution is -2.19. The van der Waals surface area contributed by atoms with Crippen LogP contribution < -0.4 is 9.47 Å². The molecule has 0 saturated heterocycles. The van der Waals surface area contributed by atoms with E-state index in [-0.39, 0.29) is 0 Å². The Kier molecular flexibility index (Phi) is 4.93. The molecule has 19 heavy (non-hydrogen) atoms. The molecule has 0 aliphatic rings. The highest BCUT2D eigenvalue weighted by Gasteiger charge is 2.33. The second-order valence-corrected chi connectivity index (χ2v) is 3.41. The summed E-state index contributed by atoms with van der Waals surface area (Å²) in [6.45, 7) is -3.17. The monoisotopic (exact) mass is 304 g/mol. The van der Waals surface area contributed by atoms with Gasteiger partial charge in [0.15, 0.2) is 5.78 Å². The van der Waals surface area contributed by atoms with E-state index in [9.17, 15) is 26.7 Å². The minimum atomic E-state index is -5.02. The number of hydrogen-bond donors (Lipinski definition) is 0. The minimum absolute atomic E-state index is 0.474. The number of ketones is 1. The fraction of sp³-hybridized carbons (Fsp3) is 0.300. The molecule has 9 heteroatoms. The standard InChI is InChI=1S/C10H6ClF5O3/c11-4-7(17)6-3-5(18-9(12)13)1-2-8(6)19-10(14,15)16/h1-3,9H,4H2. The Morgan fingerprint density at radius 2 is 1.95 bits per heavy atom. The lowest BCUT2D eigenvalue weighted by atomic mass is 10.1. The van der Waals surface area contributed by atoms with Gasteiger partial charge in [-0.1, -0.05) is 0 Å². The van der Waals surface area contributed by atoms with Crippen LogP contribution in [0.4, 0.5) is 22.0 Å². The van der Waals surface area contributed by atoms with Gasteiger partial charge in [-0.3, -0.25) is 4.79 Å². The molecule has 0 aromatic heterocycles. The van der Waals surface area contributed by atoms with E-state index in [0.29, 0.717) is 12.1 Å². The molecule has 0 heterocycles. The maximum atomic E-state index is 12.1. The SMILES string of the molecule is O=C(CCl)c1cc(OC(F)F)ccc1OC(F)(F)F. The predicted molar refractivity (Wildman–Crippen MR) is 54.8 cm³/mol. The van der Waals surface area contributed by atoms with Crippen molar-refractivity contribution in [2.24, 2.45) is 0 Å². The van der Waals surface area contributed by atoms with Gasteiger partial charge in [-0.2, -0.15) is 8.78 Å². The molecule has 0 bridgehead atoms. The van der Waals surface area contributed by atoms with Crippen molar-refractivity contribution in [1.82, 2.24) is 0 Å². The summed E-state index contributed by atoms with van der Waals surface area (Å²) in [7, 11) is 0. The lowest BCUT2D eigenvalue weighted by Gasteiger charge is -2.13. The number of hydrogen-bond acceptors (Lipinski definition) is 3. The van der Waals surface area contributed by atoms with Gasteiger partial charge in [0.2, 0.25) is 0 Å². The fourth-order valence-electron chi connectivity index (χ4n) is 1.19. The molecule has 0 unspecified atom stereocenters. The smallest absolute Gasteiger partial charge is 0.435 e. The number of carbonyl (C=O) groups excluding carboxylic acids is 1. The Hall–Kier alpha value is -1.57. The first kappa shape index (κ1) is 15.5. The molecular formula is C10H6ClF5O3. The van der Waals surface area contributed by atoms with Crippen LogP contribution in [0.15, 0.2) is 18.2 Å². The van der Waals surface area contributed by atoms with Gasteiger partial charge in [-0.05, 0) is 18.2 Å². The molecule has 0 atom stereocenters. The Labute approximate surface area is 108 Å². The van der Waals surface area contributed by atoms with Crippen molar-refractivity contribution < 1.29 is 36.2 Å². The highest BCUT2D eigenvalue weighted by atomic mass is 35.5. The topological polar surface area (TPSA) is 35.5 Å². The molecule has 0 spiro atoms. The summed E-state index contributed by atoms with van der Waals surface area (Å²) in [6, 6.07) is 2.22. The quantitative estimate of drug-likeness (QED) is 0.473. The summed E-state index contributed by atoms with van der Waals surface area (Å²) in [6.07, 6.45) is -5.02. The van der Waals surface area contributed by atoms with Gasteiger partial charge in [0.25, 0.3) is 0 Å². The normalized spacial score (nSPS) is 11.5. The van der Waals surface area contributed by atoms with Crippen molar-refractivity contribution in [1.29, 1.82) is 0 Å². The Morgan fingerprint density at radius 1 is 1.32 bits per heavy atom. The van der Waals surface area contributed by atoms with E-state index in [4.69, 9.17) is 11.6 Å². The van der Waals surface area contributed by atoms with Crippen LogP contribution in [-0.2, 0) is 0 Å². The third-order valence-corrected chi connectivity index (χ3v) is 2.07. The van der Waals surface area contributed by atoms with E-state index in [1.54, 1.807) is 0 Å². The van der Waals surface area contributed by atoms with Gasteiger partial charge < -0.3 is 9.47 Å². The van der Waals surface area contributed by atoms with Gasteiger partial charge in [-0.15, -0.1) is 24.8 Å². The molecule has 1 aromatic rings. The molecule has 3 nitrogen and oxygen atoms in total. The summed E-state index contributed by atoms with van der Waals surface area (Å²) in [4.78, 5) is 11.3. The minimum Gasteiger partial charge on any atom is -0.435 e. The van der Waals surface area contributed by atoms with E-state index in [0.717, 1.165) is 6.07 Å². The third-order valence-electron chi connectivity index (χ3n) is 1.82. The first-order valence-corrected chi connectivity index (χ1v) is 5.20. The average Bonchev–Trinajstić information content (AvgIpc) is 2.27. The number of benzene rings is 1. The van der Waals surface area contributed by atoms with E-state index >= 15 is 0 Å². The highest BCUT2D eigenvalue weighted by Crippen LogP contribution is 2.30. The van der Waals surface area contributed by atoms with E-state index < -0.39 is 41.7 Å². The van der Waals surface area contributed by atoms with E-state index in [2.05, 4.69) is 9.47 Å². The molecule has 0 amide bonds. The lowest BCUT2D eigenvalue weighted by molar-refractivity contribution is -0.274. The summed E-state index contributed by atoms with van der Waals surface area (Å²) in [5, 5.41) is 0. The Bertz CT molecular complexity index is 461. The number of halogens is 6. The number of carbonyl (C=O) groups is 1. The number of alkyl halides is 6. The first-order valence-electron chi connectivity index (χ1n) is 4.66. The van der Waals surface area contributed by atoms with Gasteiger partial charge in [0, 0.05) is 0 Å². The zero-order valence-corrected chi connectivity index (χ0v) is 9.76. The zero-order chi connectivity index (χ0) is 14.6. The first-order chi connectivity index (χ1) is 8.73. The van der Waals surface area contributed by atoms with Crippen LogP contribution >= 0.6 is 11.6 Å². The molecule has 0 saturated carbocycles.